The summed E-state index contributed by atoms with van der Waals surface area (Å²) in [4.78, 5) is 15.7. The van der Waals surface area contributed by atoms with Crippen molar-refractivity contribution in [2.24, 2.45) is 0 Å². The number of alkyl halides is 1. The van der Waals surface area contributed by atoms with Gasteiger partial charge in [-0.3, -0.25) is 4.79 Å². The van der Waals surface area contributed by atoms with E-state index in [-0.39, 0.29) is 19.0 Å². The van der Waals surface area contributed by atoms with Gasteiger partial charge in [-0.2, -0.15) is 0 Å². The van der Waals surface area contributed by atoms with Crippen molar-refractivity contribution in [1.82, 2.24) is 9.88 Å². The molecule has 0 atom stereocenters. The van der Waals surface area contributed by atoms with Crippen LogP contribution in [0.25, 0.3) is 0 Å². The molecule has 3 nitrogen and oxygen atoms in total. The summed E-state index contributed by atoms with van der Waals surface area (Å²) >= 11 is 0. The zero-order chi connectivity index (χ0) is 8.55. The number of carbonyl (C=O) groups excluding carboxylic acids is 1. The van der Waals surface area contributed by atoms with Crippen LogP contribution in [0.3, 0.4) is 0 Å². The molecule has 1 N–H and O–H groups in total. The fraction of sp³-hybridized carbons (Fsp3) is 0.375. The molecule has 0 unspecified atom stereocenters. The Balaban J connectivity index is 2.03. The van der Waals surface area contributed by atoms with Crippen LogP contribution in [-0.4, -0.2) is 35.1 Å². The standard InChI is InChI=1S/C8H9FN2O/c9-7-4-11(5-7)8(12)6-1-2-10-3-6/h1-3,7,10H,4-5H2. The number of halogens is 1. The molecular formula is C8H9FN2O. The average molecular weight is 168 g/mol. The van der Waals surface area contributed by atoms with Crippen molar-refractivity contribution < 1.29 is 9.18 Å². The molecule has 0 saturated carbocycles. The number of nitrogens with zero attached hydrogens (tertiary/aromatic N) is 1. The highest BCUT2D eigenvalue weighted by Crippen LogP contribution is 2.14. The Labute approximate surface area is 69.2 Å². The minimum atomic E-state index is -0.826. The van der Waals surface area contributed by atoms with Crippen molar-refractivity contribution in [3.05, 3.63) is 24.0 Å². The van der Waals surface area contributed by atoms with E-state index >= 15 is 0 Å². The van der Waals surface area contributed by atoms with Gasteiger partial charge >= 0.3 is 0 Å². The first-order valence-electron chi connectivity index (χ1n) is 3.83. The maximum Gasteiger partial charge on any atom is 0.255 e. The molecular weight excluding hydrogens is 159 g/mol. The highest BCUT2D eigenvalue weighted by Gasteiger charge is 2.30. The summed E-state index contributed by atoms with van der Waals surface area (Å²) < 4.78 is 12.4. The number of nitrogens with one attached hydrogen (secondary N) is 1. The fourth-order valence-electron chi connectivity index (χ4n) is 1.23. The van der Waals surface area contributed by atoms with Crippen LogP contribution in [-0.2, 0) is 0 Å². The summed E-state index contributed by atoms with van der Waals surface area (Å²) in [5.74, 6) is -0.0925. The number of amides is 1. The Kier molecular flexibility index (Phi) is 1.60. The average Bonchev–Trinajstić information content (AvgIpc) is 2.49. The monoisotopic (exact) mass is 168 g/mol. The van der Waals surface area contributed by atoms with Gasteiger partial charge in [-0.25, -0.2) is 4.39 Å². The Morgan fingerprint density at radius 3 is 2.92 bits per heavy atom. The lowest BCUT2D eigenvalue weighted by Gasteiger charge is -2.33. The van der Waals surface area contributed by atoms with E-state index in [0.29, 0.717) is 5.56 Å². The number of aromatic amines is 1. The molecule has 1 aromatic heterocycles. The minimum absolute atomic E-state index is 0.0925. The van der Waals surface area contributed by atoms with Crippen molar-refractivity contribution in [1.29, 1.82) is 0 Å². The van der Waals surface area contributed by atoms with E-state index in [0.717, 1.165) is 0 Å². The van der Waals surface area contributed by atoms with Gasteiger partial charge in [0.25, 0.3) is 5.91 Å². The lowest BCUT2D eigenvalue weighted by atomic mass is 10.1. The molecule has 2 rings (SSSR count). The van der Waals surface area contributed by atoms with Crippen molar-refractivity contribution in [2.45, 2.75) is 6.17 Å². The van der Waals surface area contributed by atoms with Crippen molar-refractivity contribution in [2.75, 3.05) is 13.1 Å². The second kappa shape index (κ2) is 2.62. The normalized spacial score (nSPS) is 17.6. The fourth-order valence-corrected chi connectivity index (χ4v) is 1.23. The molecule has 4 heteroatoms. The summed E-state index contributed by atoms with van der Waals surface area (Å²) in [6.07, 6.45) is 2.47. The van der Waals surface area contributed by atoms with E-state index in [1.54, 1.807) is 18.5 Å². The van der Waals surface area contributed by atoms with E-state index in [1.807, 2.05) is 0 Å². The van der Waals surface area contributed by atoms with Gasteiger partial charge in [-0.05, 0) is 6.07 Å². The Hall–Kier alpha value is -1.32. The zero-order valence-corrected chi connectivity index (χ0v) is 6.46. The largest absolute Gasteiger partial charge is 0.367 e. The number of carbonyl (C=O) groups is 1. The summed E-state index contributed by atoms with van der Waals surface area (Å²) in [5, 5.41) is 0. The Morgan fingerprint density at radius 2 is 2.42 bits per heavy atom. The Bertz CT molecular complexity index is 277. The number of hydrogen-bond acceptors (Lipinski definition) is 1. The van der Waals surface area contributed by atoms with Crippen LogP contribution in [0.1, 0.15) is 10.4 Å². The van der Waals surface area contributed by atoms with Gasteiger partial charge < -0.3 is 9.88 Å². The summed E-state index contributed by atoms with van der Waals surface area (Å²) in [7, 11) is 0. The molecule has 2 heterocycles. The molecule has 12 heavy (non-hydrogen) atoms. The van der Waals surface area contributed by atoms with Gasteiger partial charge in [0.15, 0.2) is 0 Å². The number of likely N-dealkylation sites (tertiary alicyclic amines) is 1. The molecule has 0 bridgehead atoms. The van der Waals surface area contributed by atoms with E-state index in [2.05, 4.69) is 4.98 Å². The van der Waals surface area contributed by atoms with Crippen LogP contribution >= 0.6 is 0 Å². The summed E-state index contributed by atoms with van der Waals surface area (Å²) in [5.41, 5.74) is 0.599. The molecule has 0 spiro atoms. The third-order valence-corrected chi connectivity index (χ3v) is 1.97. The number of H-pyrrole nitrogens is 1. The van der Waals surface area contributed by atoms with Gasteiger partial charge in [-0.15, -0.1) is 0 Å². The van der Waals surface area contributed by atoms with Gasteiger partial charge in [0.2, 0.25) is 0 Å². The second-order valence-electron chi connectivity index (χ2n) is 2.91. The predicted octanol–water partition coefficient (Wildman–Crippen LogP) is 0.809. The molecule has 1 aliphatic rings. The van der Waals surface area contributed by atoms with Gasteiger partial charge in [0.05, 0.1) is 18.7 Å². The lowest BCUT2D eigenvalue weighted by Crippen LogP contribution is -2.51. The Morgan fingerprint density at radius 1 is 1.67 bits per heavy atom. The van der Waals surface area contributed by atoms with Gasteiger partial charge in [0, 0.05) is 12.4 Å². The minimum Gasteiger partial charge on any atom is -0.367 e. The van der Waals surface area contributed by atoms with Crippen molar-refractivity contribution in [3.8, 4) is 0 Å². The van der Waals surface area contributed by atoms with E-state index in [4.69, 9.17) is 0 Å². The van der Waals surface area contributed by atoms with E-state index < -0.39 is 6.17 Å². The smallest absolute Gasteiger partial charge is 0.255 e. The molecule has 1 aliphatic heterocycles. The van der Waals surface area contributed by atoms with Crippen LogP contribution in [0.5, 0.6) is 0 Å². The highest BCUT2D eigenvalue weighted by molar-refractivity contribution is 5.94. The number of aromatic nitrogens is 1. The quantitative estimate of drug-likeness (QED) is 0.661. The van der Waals surface area contributed by atoms with Crippen LogP contribution in [0, 0.1) is 0 Å². The lowest BCUT2D eigenvalue weighted by molar-refractivity contribution is 0.0400. The number of rotatable bonds is 1. The highest BCUT2D eigenvalue weighted by atomic mass is 19.1. The van der Waals surface area contributed by atoms with Gasteiger partial charge in [0.1, 0.15) is 6.17 Å². The topological polar surface area (TPSA) is 36.1 Å². The van der Waals surface area contributed by atoms with Crippen LogP contribution in [0.15, 0.2) is 18.5 Å². The molecule has 1 fully saturated rings. The molecule has 1 aromatic rings. The van der Waals surface area contributed by atoms with Crippen molar-refractivity contribution >= 4 is 5.91 Å². The third kappa shape index (κ3) is 1.09. The maximum absolute atomic E-state index is 12.4. The zero-order valence-electron chi connectivity index (χ0n) is 6.46. The molecule has 0 radical (unpaired) electrons. The summed E-state index contributed by atoms with van der Waals surface area (Å²) in [6, 6.07) is 1.69. The summed E-state index contributed by atoms with van der Waals surface area (Å²) in [6.45, 7) is 0.480. The van der Waals surface area contributed by atoms with E-state index in [9.17, 15) is 9.18 Å². The predicted molar refractivity (Wildman–Crippen MR) is 41.6 cm³/mol. The molecule has 0 aliphatic carbocycles. The molecule has 64 valence electrons. The molecule has 1 amide bonds. The third-order valence-electron chi connectivity index (χ3n) is 1.97. The molecule has 0 aromatic carbocycles. The van der Waals surface area contributed by atoms with E-state index in [1.165, 1.54) is 4.90 Å². The van der Waals surface area contributed by atoms with Crippen molar-refractivity contribution in [3.63, 3.8) is 0 Å². The van der Waals surface area contributed by atoms with Gasteiger partial charge in [-0.1, -0.05) is 0 Å². The van der Waals surface area contributed by atoms with Crippen LogP contribution in [0.4, 0.5) is 4.39 Å². The number of hydrogen-bond donors (Lipinski definition) is 1. The van der Waals surface area contributed by atoms with Crippen LogP contribution < -0.4 is 0 Å². The van der Waals surface area contributed by atoms with Crippen LogP contribution in [0.2, 0.25) is 0 Å². The first-order valence-corrected chi connectivity index (χ1v) is 3.83. The maximum atomic E-state index is 12.4. The molecule has 1 saturated heterocycles. The SMILES string of the molecule is O=C(c1cc[nH]c1)N1CC(F)C1. The second-order valence-corrected chi connectivity index (χ2v) is 2.91. The first-order chi connectivity index (χ1) is 5.77. The first kappa shape index (κ1) is 7.34.